The SMILES string of the molecule is CCOC(=O)c1cc(-c2ccc(C)cc2)c2ccccc2c1. The standard InChI is InChI=1S/C20H18O2/c1-3-22-20(21)17-12-16-6-4-5-7-18(16)19(13-17)15-10-8-14(2)9-11-15/h4-13H,3H2,1-2H3. The van der Waals surface area contributed by atoms with Crippen molar-refractivity contribution in [2.24, 2.45) is 0 Å². The van der Waals surface area contributed by atoms with E-state index in [1.54, 1.807) is 0 Å². The predicted octanol–water partition coefficient (Wildman–Crippen LogP) is 4.99. The molecule has 0 aromatic heterocycles. The van der Waals surface area contributed by atoms with Crippen molar-refractivity contribution < 1.29 is 9.53 Å². The molecule has 22 heavy (non-hydrogen) atoms. The molecule has 3 aromatic rings. The van der Waals surface area contributed by atoms with Crippen molar-refractivity contribution in [3.8, 4) is 11.1 Å². The Morgan fingerprint density at radius 3 is 2.45 bits per heavy atom. The van der Waals surface area contributed by atoms with Gasteiger partial charge in [0.05, 0.1) is 12.2 Å². The Labute approximate surface area is 130 Å². The van der Waals surface area contributed by atoms with Crippen LogP contribution < -0.4 is 0 Å². The maximum absolute atomic E-state index is 12.1. The number of carbonyl (C=O) groups is 1. The highest BCUT2D eigenvalue weighted by Crippen LogP contribution is 2.30. The van der Waals surface area contributed by atoms with Crippen LogP contribution >= 0.6 is 0 Å². The zero-order valence-electron chi connectivity index (χ0n) is 12.8. The van der Waals surface area contributed by atoms with Crippen molar-refractivity contribution in [1.82, 2.24) is 0 Å². The van der Waals surface area contributed by atoms with Crippen LogP contribution in [0.3, 0.4) is 0 Å². The molecule has 0 fully saturated rings. The van der Waals surface area contributed by atoms with Crippen LogP contribution in [0.4, 0.5) is 0 Å². The van der Waals surface area contributed by atoms with Crippen LogP contribution in [-0.4, -0.2) is 12.6 Å². The molecule has 0 saturated carbocycles. The topological polar surface area (TPSA) is 26.3 Å². The number of aryl methyl sites for hydroxylation is 1. The molecule has 3 aromatic carbocycles. The number of benzene rings is 3. The number of esters is 1. The third-order valence-corrected chi connectivity index (χ3v) is 3.74. The first-order valence-electron chi connectivity index (χ1n) is 7.46. The molecule has 0 amide bonds. The first-order valence-corrected chi connectivity index (χ1v) is 7.46. The fourth-order valence-electron chi connectivity index (χ4n) is 2.61. The first kappa shape index (κ1) is 14.3. The molecule has 0 aliphatic carbocycles. The summed E-state index contributed by atoms with van der Waals surface area (Å²) in [7, 11) is 0. The van der Waals surface area contributed by atoms with E-state index >= 15 is 0 Å². The summed E-state index contributed by atoms with van der Waals surface area (Å²) in [5.41, 5.74) is 3.97. The van der Waals surface area contributed by atoms with Crippen molar-refractivity contribution in [3.05, 3.63) is 71.8 Å². The van der Waals surface area contributed by atoms with Crippen molar-refractivity contribution in [3.63, 3.8) is 0 Å². The van der Waals surface area contributed by atoms with Crippen LogP contribution in [0.5, 0.6) is 0 Å². The minimum absolute atomic E-state index is 0.276. The van der Waals surface area contributed by atoms with Crippen LogP contribution in [0.1, 0.15) is 22.8 Å². The Morgan fingerprint density at radius 1 is 1.00 bits per heavy atom. The second-order valence-electron chi connectivity index (χ2n) is 5.33. The average molecular weight is 290 g/mol. The van der Waals surface area contributed by atoms with Gasteiger partial charge in [-0.2, -0.15) is 0 Å². The number of fused-ring (bicyclic) bond motifs is 1. The lowest BCUT2D eigenvalue weighted by Gasteiger charge is -2.10. The fraction of sp³-hybridized carbons (Fsp3) is 0.150. The molecule has 2 nitrogen and oxygen atoms in total. The molecular formula is C20H18O2. The van der Waals surface area contributed by atoms with Gasteiger partial charge >= 0.3 is 5.97 Å². The van der Waals surface area contributed by atoms with Gasteiger partial charge in [-0.1, -0.05) is 54.1 Å². The molecular weight excluding hydrogens is 272 g/mol. The van der Waals surface area contributed by atoms with Gasteiger partial charge in [0, 0.05) is 0 Å². The smallest absolute Gasteiger partial charge is 0.338 e. The van der Waals surface area contributed by atoms with Crippen LogP contribution in [0.2, 0.25) is 0 Å². The monoisotopic (exact) mass is 290 g/mol. The number of rotatable bonds is 3. The van der Waals surface area contributed by atoms with E-state index in [2.05, 4.69) is 37.3 Å². The summed E-state index contributed by atoms with van der Waals surface area (Å²) in [6.45, 7) is 4.27. The van der Waals surface area contributed by atoms with Gasteiger partial charge < -0.3 is 4.74 Å². The molecule has 3 rings (SSSR count). The number of carbonyl (C=O) groups excluding carboxylic acids is 1. The van der Waals surface area contributed by atoms with Crippen molar-refractivity contribution in [2.45, 2.75) is 13.8 Å². The fourth-order valence-corrected chi connectivity index (χ4v) is 2.61. The van der Waals surface area contributed by atoms with Gasteiger partial charge in [0.15, 0.2) is 0 Å². The van der Waals surface area contributed by atoms with Crippen molar-refractivity contribution in [1.29, 1.82) is 0 Å². The van der Waals surface area contributed by atoms with E-state index in [1.165, 1.54) is 5.56 Å². The summed E-state index contributed by atoms with van der Waals surface area (Å²) in [6.07, 6.45) is 0. The van der Waals surface area contributed by atoms with Gasteiger partial charge in [0.1, 0.15) is 0 Å². The summed E-state index contributed by atoms with van der Waals surface area (Å²) >= 11 is 0. The summed E-state index contributed by atoms with van der Waals surface area (Å²) in [5, 5.41) is 2.18. The second kappa shape index (κ2) is 6.02. The van der Waals surface area contributed by atoms with E-state index in [9.17, 15) is 4.79 Å². The van der Waals surface area contributed by atoms with Crippen LogP contribution in [-0.2, 0) is 4.74 Å². The molecule has 110 valence electrons. The molecule has 0 spiro atoms. The van der Waals surface area contributed by atoms with E-state index in [1.807, 2.05) is 37.3 Å². The molecule has 0 N–H and O–H groups in total. The quantitative estimate of drug-likeness (QED) is 0.635. The van der Waals surface area contributed by atoms with Crippen molar-refractivity contribution in [2.75, 3.05) is 6.61 Å². The Bertz CT molecular complexity index is 817. The molecule has 0 bridgehead atoms. The molecule has 0 aliphatic heterocycles. The summed E-state index contributed by atoms with van der Waals surface area (Å²) < 4.78 is 5.15. The second-order valence-corrected chi connectivity index (χ2v) is 5.33. The van der Waals surface area contributed by atoms with Crippen molar-refractivity contribution >= 4 is 16.7 Å². The van der Waals surface area contributed by atoms with E-state index in [-0.39, 0.29) is 5.97 Å². The zero-order chi connectivity index (χ0) is 15.5. The Kier molecular flexibility index (Phi) is 3.92. The number of hydrogen-bond acceptors (Lipinski definition) is 2. The van der Waals surface area contributed by atoms with E-state index in [0.717, 1.165) is 21.9 Å². The third kappa shape index (κ3) is 2.73. The Morgan fingerprint density at radius 2 is 1.73 bits per heavy atom. The van der Waals surface area contributed by atoms with Crippen LogP contribution in [0.25, 0.3) is 21.9 Å². The van der Waals surface area contributed by atoms with Gasteiger partial charge in [-0.05, 0) is 47.9 Å². The normalized spacial score (nSPS) is 10.6. The zero-order valence-corrected chi connectivity index (χ0v) is 12.8. The van der Waals surface area contributed by atoms with Gasteiger partial charge in [0.2, 0.25) is 0 Å². The average Bonchev–Trinajstić information content (AvgIpc) is 2.55. The molecule has 2 heteroatoms. The van der Waals surface area contributed by atoms with Gasteiger partial charge in [-0.3, -0.25) is 0 Å². The summed E-state index contributed by atoms with van der Waals surface area (Å²) in [5.74, 6) is -0.276. The lowest BCUT2D eigenvalue weighted by atomic mass is 9.95. The minimum Gasteiger partial charge on any atom is -0.462 e. The third-order valence-electron chi connectivity index (χ3n) is 3.74. The van der Waals surface area contributed by atoms with Gasteiger partial charge in [-0.15, -0.1) is 0 Å². The molecule has 0 aliphatic rings. The number of ether oxygens (including phenoxy) is 1. The summed E-state index contributed by atoms with van der Waals surface area (Å²) in [6, 6.07) is 20.3. The lowest BCUT2D eigenvalue weighted by molar-refractivity contribution is 0.0526. The summed E-state index contributed by atoms with van der Waals surface area (Å²) in [4.78, 5) is 12.1. The molecule has 0 atom stereocenters. The Hall–Kier alpha value is -2.61. The minimum atomic E-state index is -0.276. The molecule has 0 heterocycles. The number of hydrogen-bond donors (Lipinski definition) is 0. The first-order chi connectivity index (χ1) is 10.7. The molecule has 0 saturated heterocycles. The van der Waals surface area contributed by atoms with E-state index < -0.39 is 0 Å². The molecule has 0 radical (unpaired) electrons. The highest BCUT2D eigenvalue weighted by molar-refractivity contribution is 6.03. The van der Waals surface area contributed by atoms with Gasteiger partial charge in [0.25, 0.3) is 0 Å². The predicted molar refractivity (Wildman–Crippen MR) is 90.1 cm³/mol. The van der Waals surface area contributed by atoms with E-state index in [0.29, 0.717) is 12.2 Å². The molecule has 0 unspecified atom stereocenters. The van der Waals surface area contributed by atoms with Crippen LogP contribution in [0, 0.1) is 6.92 Å². The lowest BCUT2D eigenvalue weighted by Crippen LogP contribution is -2.04. The van der Waals surface area contributed by atoms with Gasteiger partial charge in [-0.25, -0.2) is 4.79 Å². The Balaban J connectivity index is 2.22. The van der Waals surface area contributed by atoms with E-state index in [4.69, 9.17) is 4.74 Å². The highest BCUT2D eigenvalue weighted by atomic mass is 16.5. The maximum Gasteiger partial charge on any atom is 0.338 e. The largest absolute Gasteiger partial charge is 0.462 e. The van der Waals surface area contributed by atoms with Crippen LogP contribution in [0.15, 0.2) is 60.7 Å². The highest BCUT2D eigenvalue weighted by Gasteiger charge is 2.12. The maximum atomic E-state index is 12.1.